The second-order valence-corrected chi connectivity index (χ2v) is 7.84. The van der Waals surface area contributed by atoms with E-state index in [0.29, 0.717) is 5.69 Å². The van der Waals surface area contributed by atoms with Crippen LogP contribution in [-0.4, -0.2) is 25.4 Å². The lowest BCUT2D eigenvalue weighted by molar-refractivity contribution is -0.137. The van der Waals surface area contributed by atoms with Crippen molar-refractivity contribution in [2.75, 3.05) is 5.32 Å². The molecule has 0 radical (unpaired) electrons. The molecule has 2 N–H and O–H groups in total. The number of amides is 1. The minimum absolute atomic E-state index is 0.0745. The molecule has 0 spiro atoms. The molecular formula is C25H18F3N5O. The molecular weight excluding hydrogens is 443 g/mol. The molecule has 6 nitrogen and oxygen atoms in total. The molecule has 0 aliphatic rings. The first-order valence-electron chi connectivity index (χ1n) is 10.3. The molecule has 5 aromatic rings. The van der Waals surface area contributed by atoms with Crippen molar-refractivity contribution in [2.24, 2.45) is 0 Å². The van der Waals surface area contributed by atoms with Gasteiger partial charge in [0.2, 0.25) is 0 Å². The highest BCUT2D eigenvalue weighted by Crippen LogP contribution is 2.30. The number of hydrogen-bond acceptors (Lipinski definition) is 3. The summed E-state index contributed by atoms with van der Waals surface area (Å²) >= 11 is 0. The van der Waals surface area contributed by atoms with Gasteiger partial charge >= 0.3 is 6.18 Å². The van der Waals surface area contributed by atoms with Gasteiger partial charge in [0, 0.05) is 40.8 Å². The maximum Gasteiger partial charge on any atom is 0.416 e. The highest BCUT2D eigenvalue weighted by molar-refractivity contribution is 6.04. The molecule has 2 aromatic carbocycles. The molecule has 9 heteroatoms. The molecule has 0 unspecified atom stereocenters. The van der Waals surface area contributed by atoms with Crippen LogP contribution in [0.25, 0.3) is 28.0 Å². The smallest absolute Gasteiger partial charge is 0.346 e. The number of H-pyrrole nitrogens is 1. The maximum atomic E-state index is 13.0. The Labute approximate surface area is 192 Å². The fourth-order valence-electron chi connectivity index (χ4n) is 3.69. The second-order valence-electron chi connectivity index (χ2n) is 7.84. The van der Waals surface area contributed by atoms with Gasteiger partial charge in [-0.15, -0.1) is 0 Å². The number of alkyl halides is 3. The van der Waals surface area contributed by atoms with Gasteiger partial charge in [0.25, 0.3) is 5.91 Å². The number of hydrogen-bond donors (Lipinski definition) is 2. The zero-order chi connectivity index (χ0) is 23.9. The lowest BCUT2D eigenvalue weighted by Gasteiger charge is -2.12. The van der Waals surface area contributed by atoms with E-state index in [2.05, 4.69) is 20.3 Å². The van der Waals surface area contributed by atoms with E-state index in [-0.39, 0.29) is 5.56 Å². The number of imidazole rings is 1. The Morgan fingerprint density at radius 3 is 2.74 bits per heavy atom. The van der Waals surface area contributed by atoms with E-state index in [1.807, 2.05) is 42.1 Å². The molecule has 0 atom stereocenters. The first kappa shape index (κ1) is 21.4. The van der Waals surface area contributed by atoms with Gasteiger partial charge in [0.15, 0.2) is 0 Å². The van der Waals surface area contributed by atoms with E-state index < -0.39 is 17.6 Å². The summed E-state index contributed by atoms with van der Waals surface area (Å²) in [5.74, 6) is -0.627. The normalized spacial score (nSPS) is 11.6. The van der Waals surface area contributed by atoms with Gasteiger partial charge in [-0.2, -0.15) is 13.2 Å². The maximum absolute atomic E-state index is 13.0. The van der Waals surface area contributed by atoms with Gasteiger partial charge in [-0.3, -0.25) is 4.79 Å². The SMILES string of the molecule is Cc1ccc(NC(=O)c2cccc(C(F)(F)F)c2)cc1-n1cnc(-c2cnc3[nH]ccc3c2)c1. The molecule has 0 saturated carbocycles. The number of nitrogens with zero attached hydrogens (tertiary/aromatic N) is 3. The number of aromatic nitrogens is 4. The standard InChI is InChI=1S/C25H18F3N5O/c1-15-5-6-20(32-24(34)17-3-2-4-19(10-17)25(26,27)28)11-22(15)33-13-21(31-14-33)18-9-16-7-8-29-23(16)30-12-18/h2-14H,1H3,(H,29,30)(H,32,34). The van der Waals surface area contributed by atoms with Crippen molar-refractivity contribution in [3.05, 3.63) is 96.2 Å². The van der Waals surface area contributed by atoms with Gasteiger partial charge in [0.1, 0.15) is 5.65 Å². The molecule has 5 rings (SSSR count). The molecule has 0 aliphatic heterocycles. The van der Waals surface area contributed by atoms with Crippen LogP contribution >= 0.6 is 0 Å². The van der Waals surface area contributed by atoms with Crippen LogP contribution in [0.4, 0.5) is 18.9 Å². The second kappa shape index (κ2) is 8.18. The van der Waals surface area contributed by atoms with E-state index in [1.54, 1.807) is 24.7 Å². The molecule has 0 saturated heterocycles. The van der Waals surface area contributed by atoms with E-state index >= 15 is 0 Å². The average Bonchev–Trinajstić information content (AvgIpc) is 3.49. The number of carbonyl (C=O) groups excluding carboxylic acids is 1. The summed E-state index contributed by atoms with van der Waals surface area (Å²) in [5.41, 5.74) is 3.59. The highest BCUT2D eigenvalue weighted by atomic mass is 19.4. The van der Waals surface area contributed by atoms with Gasteiger partial charge in [-0.05, 0) is 55.0 Å². The summed E-state index contributed by atoms with van der Waals surface area (Å²) in [7, 11) is 0. The minimum Gasteiger partial charge on any atom is -0.346 e. The summed E-state index contributed by atoms with van der Waals surface area (Å²) in [4.78, 5) is 24.5. The number of aryl methyl sites for hydroxylation is 1. The van der Waals surface area contributed by atoms with E-state index in [4.69, 9.17) is 0 Å². The van der Waals surface area contributed by atoms with Crippen LogP contribution in [0.15, 0.2) is 79.5 Å². The minimum atomic E-state index is -4.52. The van der Waals surface area contributed by atoms with Crippen molar-refractivity contribution in [1.82, 2.24) is 19.5 Å². The van der Waals surface area contributed by atoms with Crippen LogP contribution in [0.1, 0.15) is 21.5 Å². The zero-order valence-corrected chi connectivity index (χ0v) is 17.9. The summed E-state index contributed by atoms with van der Waals surface area (Å²) in [6.07, 6.45) is 2.56. The van der Waals surface area contributed by atoms with Crippen molar-refractivity contribution in [3.63, 3.8) is 0 Å². The van der Waals surface area contributed by atoms with Crippen molar-refractivity contribution in [3.8, 4) is 16.9 Å². The lowest BCUT2D eigenvalue weighted by Crippen LogP contribution is -2.14. The third kappa shape index (κ3) is 4.15. The number of fused-ring (bicyclic) bond motifs is 1. The first-order chi connectivity index (χ1) is 16.3. The number of pyridine rings is 1. The molecule has 0 aliphatic carbocycles. The summed E-state index contributed by atoms with van der Waals surface area (Å²) in [5, 5.41) is 3.65. The van der Waals surface area contributed by atoms with Crippen molar-refractivity contribution < 1.29 is 18.0 Å². The molecule has 170 valence electrons. The molecule has 3 heterocycles. The lowest BCUT2D eigenvalue weighted by atomic mass is 10.1. The molecule has 0 bridgehead atoms. The molecule has 1 amide bonds. The third-order valence-corrected chi connectivity index (χ3v) is 5.48. The van der Waals surface area contributed by atoms with E-state index in [1.165, 1.54) is 12.1 Å². The predicted octanol–water partition coefficient (Wildman–Crippen LogP) is 6.00. The monoisotopic (exact) mass is 461 g/mol. The van der Waals surface area contributed by atoms with Gasteiger partial charge in [-0.1, -0.05) is 12.1 Å². The largest absolute Gasteiger partial charge is 0.416 e. The molecule has 3 aromatic heterocycles. The highest BCUT2D eigenvalue weighted by Gasteiger charge is 2.30. The third-order valence-electron chi connectivity index (χ3n) is 5.48. The summed E-state index contributed by atoms with van der Waals surface area (Å²) < 4.78 is 40.8. The number of nitrogens with one attached hydrogen (secondary N) is 2. The fourth-order valence-corrected chi connectivity index (χ4v) is 3.69. The van der Waals surface area contributed by atoms with Gasteiger partial charge < -0.3 is 14.9 Å². The van der Waals surface area contributed by atoms with Crippen LogP contribution in [0.3, 0.4) is 0 Å². The van der Waals surface area contributed by atoms with Crippen LogP contribution in [0.5, 0.6) is 0 Å². The van der Waals surface area contributed by atoms with Crippen LogP contribution in [-0.2, 0) is 6.18 Å². The van der Waals surface area contributed by atoms with E-state index in [0.717, 1.165) is 45.7 Å². The van der Waals surface area contributed by atoms with Crippen molar-refractivity contribution >= 4 is 22.6 Å². The topological polar surface area (TPSA) is 75.6 Å². The molecule has 0 fully saturated rings. The summed E-state index contributed by atoms with van der Waals surface area (Å²) in [6.45, 7) is 1.92. The Hall–Kier alpha value is -4.40. The van der Waals surface area contributed by atoms with Crippen molar-refractivity contribution in [1.29, 1.82) is 0 Å². The van der Waals surface area contributed by atoms with Crippen molar-refractivity contribution in [2.45, 2.75) is 13.1 Å². The number of rotatable bonds is 4. The number of benzene rings is 2. The Morgan fingerprint density at radius 1 is 1.06 bits per heavy atom. The number of carbonyl (C=O) groups is 1. The van der Waals surface area contributed by atoms with Crippen LogP contribution in [0.2, 0.25) is 0 Å². The fraction of sp³-hybridized carbons (Fsp3) is 0.0800. The van der Waals surface area contributed by atoms with Crippen LogP contribution in [0, 0.1) is 6.92 Å². The predicted molar refractivity (Wildman–Crippen MR) is 123 cm³/mol. The number of aromatic amines is 1. The number of halogens is 3. The summed E-state index contributed by atoms with van der Waals surface area (Å²) in [6, 6.07) is 13.5. The Morgan fingerprint density at radius 2 is 1.91 bits per heavy atom. The quantitative estimate of drug-likeness (QED) is 0.345. The Kier molecular flexibility index (Phi) is 5.16. The van der Waals surface area contributed by atoms with Gasteiger partial charge in [0.05, 0.1) is 23.3 Å². The zero-order valence-electron chi connectivity index (χ0n) is 17.9. The molecule has 34 heavy (non-hydrogen) atoms. The first-order valence-corrected chi connectivity index (χ1v) is 10.3. The van der Waals surface area contributed by atoms with E-state index in [9.17, 15) is 18.0 Å². The Balaban J connectivity index is 1.41. The average molecular weight is 461 g/mol. The van der Waals surface area contributed by atoms with Crippen LogP contribution < -0.4 is 5.32 Å². The van der Waals surface area contributed by atoms with Gasteiger partial charge in [-0.25, -0.2) is 9.97 Å². The Bertz CT molecular complexity index is 1520. The number of anilines is 1.